The number of aromatic nitrogens is 1. The quantitative estimate of drug-likeness (QED) is 0.608. The Kier molecular flexibility index (Phi) is 4.63. The topological polar surface area (TPSA) is 36.4 Å². The molecule has 0 radical (unpaired) electrons. The second-order valence-corrected chi connectivity index (χ2v) is 6.97. The van der Waals surface area contributed by atoms with E-state index in [4.69, 9.17) is 0 Å². The summed E-state index contributed by atoms with van der Waals surface area (Å²) in [4.78, 5) is 22.5. The largest absolute Gasteiger partial charge is 0.330 e. The van der Waals surface area contributed by atoms with Crippen LogP contribution in [0.4, 0.5) is 16.3 Å². The number of carbonyl (C=O) groups is 1. The molecule has 3 aromatic rings. The first-order chi connectivity index (χ1) is 12.8. The summed E-state index contributed by atoms with van der Waals surface area (Å²) in [5.74, 6) is 0.725. The van der Waals surface area contributed by atoms with E-state index in [1.54, 1.807) is 22.9 Å². The fourth-order valence-electron chi connectivity index (χ4n) is 3.22. The lowest BCUT2D eigenvalue weighted by Gasteiger charge is -2.36. The van der Waals surface area contributed by atoms with Gasteiger partial charge in [-0.2, -0.15) is 0 Å². The Labute approximate surface area is 157 Å². The van der Waals surface area contributed by atoms with Crippen molar-refractivity contribution in [3.63, 3.8) is 0 Å². The van der Waals surface area contributed by atoms with Crippen LogP contribution in [0.25, 0.3) is 0 Å². The highest BCUT2D eigenvalue weighted by Crippen LogP contribution is 2.38. The molecule has 0 unspecified atom stereocenters. The van der Waals surface area contributed by atoms with Gasteiger partial charge in [-0.1, -0.05) is 48.5 Å². The molecule has 0 spiro atoms. The van der Waals surface area contributed by atoms with E-state index < -0.39 is 0 Å². The SMILES string of the molecule is CSc1ccccc1N1C(=O)N(Cc2ccccc2)Cc2cccnc21. The standard InChI is InChI=1S/C21H19N3OS/c1-26-19-12-6-5-11-18(19)24-20-17(10-7-13-22-20)15-23(21(24)25)14-16-8-3-2-4-9-16/h2-13H,14-15H2,1H3. The molecule has 5 heteroatoms. The van der Waals surface area contributed by atoms with Gasteiger partial charge in [-0.3, -0.25) is 0 Å². The van der Waals surface area contributed by atoms with Gasteiger partial charge in [0.05, 0.1) is 12.2 Å². The van der Waals surface area contributed by atoms with Crippen LogP contribution in [-0.2, 0) is 13.1 Å². The van der Waals surface area contributed by atoms with Crippen LogP contribution in [0, 0.1) is 0 Å². The molecule has 0 saturated carbocycles. The van der Waals surface area contributed by atoms with Crippen LogP contribution >= 0.6 is 11.8 Å². The molecule has 26 heavy (non-hydrogen) atoms. The maximum absolute atomic E-state index is 13.4. The van der Waals surface area contributed by atoms with Gasteiger partial charge < -0.3 is 4.90 Å². The molecule has 4 rings (SSSR count). The van der Waals surface area contributed by atoms with E-state index in [-0.39, 0.29) is 6.03 Å². The monoisotopic (exact) mass is 361 g/mol. The van der Waals surface area contributed by atoms with E-state index >= 15 is 0 Å². The van der Waals surface area contributed by atoms with Gasteiger partial charge in [0.1, 0.15) is 5.82 Å². The van der Waals surface area contributed by atoms with Crippen molar-refractivity contribution in [3.05, 3.63) is 84.1 Å². The lowest BCUT2D eigenvalue weighted by molar-refractivity contribution is 0.198. The number of nitrogens with zero attached hydrogens (tertiary/aromatic N) is 3. The molecule has 0 atom stereocenters. The van der Waals surface area contributed by atoms with Crippen molar-refractivity contribution in [2.75, 3.05) is 11.2 Å². The van der Waals surface area contributed by atoms with Gasteiger partial charge in [0.25, 0.3) is 0 Å². The van der Waals surface area contributed by atoms with Crippen LogP contribution in [0.3, 0.4) is 0 Å². The molecule has 2 amide bonds. The number of thioether (sulfide) groups is 1. The van der Waals surface area contributed by atoms with E-state index in [9.17, 15) is 4.79 Å². The van der Waals surface area contributed by atoms with Crippen LogP contribution in [0.1, 0.15) is 11.1 Å². The maximum atomic E-state index is 13.4. The van der Waals surface area contributed by atoms with Crippen molar-refractivity contribution in [2.45, 2.75) is 18.0 Å². The number of urea groups is 1. The number of para-hydroxylation sites is 1. The third kappa shape index (κ3) is 3.06. The van der Waals surface area contributed by atoms with Crippen molar-refractivity contribution >= 4 is 29.3 Å². The van der Waals surface area contributed by atoms with E-state index in [0.717, 1.165) is 27.5 Å². The Bertz CT molecular complexity index is 929. The summed E-state index contributed by atoms with van der Waals surface area (Å²) in [5.41, 5.74) is 3.05. The molecule has 130 valence electrons. The number of hydrogen-bond acceptors (Lipinski definition) is 3. The minimum absolute atomic E-state index is 0.0402. The number of hydrogen-bond donors (Lipinski definition) is 0. The average molecular weight is 361 g/mol. The molecule has 2 heterocycles. The third-order valence-electron chi connectivity index (χ3n) is 4.44. The summed E-state index contributed by atoms with van der Waals surface area (Å²) < 4.78 is 0. The number of rotatable bonds is 4. The molecule has 1 aromatic heterocycles. The second-order valence-electron chi connectivity index (χ2n) is 6.12. The summed E-state index contributed by atoms with van der Waals surface area (Å²) in [6, 6.07) is 22.0. The maximum Gasteiger partial charge on any atom is 0.330 e. The van der Waals surface area contributed by atoms with Gasteiger partial charge in [0.2, 0.25) is 0 Å². The minimum Gasteiger partial charge on any atom is -0.315 e. The molecule has 2 aromatic carbocycles. The number of benzene rings is 2. The zero-order chi connectivity index (χ0) is 17.9. The summed E-state index contributed by atoms with van der Waals surface area (Å²) >= 11 is 1.63. The number of amides is 2. The lowest BCUT2D eigenvalue weighted by atomic mass is 10.1. The highest BCUT2D eigenvalue weighted by molar-refractivity contribution is 7.98. The molecule has 4 nitrogen and oxygen atoms in total. The molecule has 0 bridgehead atoms. The minimum atomic E-state index is -0.0402. The van der Waals surface area contributed by atoms with Gasteiger partial charge in [-0.05, 0) is 30.0 Å². The molecule has 1 aliphatic rings. The van der Waals surface area contributed by atoms with Crippen molar-refractivity contribution in [1.82, 2.24) is 9.88 Å². The highest BCUT2D eigenvalue weighted by atomic mass is 32.2. The summed E-state index contributed by atoms with van der Waals surface area (Å²) in [6.45, 7) is 1.14. The molecule has 0 fully saturated rings. The zero-order valence-electron chi connectivity index (χ0n) is 14.5. The first kappa shape index (κ1) is 16.7. The Hall–Kier alpha value is -2.79. The number of fused-ring (bicyclic) bond motifs is 1. The molecule has 0 aliphatic carbocycles. The summed E-state index contributed by atoms with van der Waals surface area (Å²) in [6.07, 6.45) is 3.77. The second kappa shape index (κ2) is 7.22. The van der Waals surface area contributed by atoms with Gasteiger partial charge in [0.15, 0.2) is 0 Å². The van der Waals surface area contributed by atoms with Crippen LogP contribution in [0.15, 0.2) is 77.8 Å². The smallest absolute Gasteiger partial charge is 0.315 e. The van der Waals surface area contributed by atoms with Crippen molar-refractivity contribution in [2.24, 2.45) is 0 Å². The predicted octanol–water partition coefficient (Wildman–Crippen LogP) is 5.08. The molecular weight excluding hydrogens is 342 g/mol. The molecular formula is C21H19N3OS. The van der Waals surface area contributed by atoms with Crippen LogP contribution < -0.4 is 4.90 Å². The van der Waals surface area contributed by atoms with E-state index in [1.165, 1.54) is 0 Å². The molecule has 0 saturated heterocycles. The summed E-state index contributed by atoms with van der Waals surface area (Å²) in [5, 5.41) is 0. The predicted molar refractivity (Wildman–Crippen MR) is 106 cm³/mol. The molecule has 0 N–H and O–H groups in total. The first-order valence-corrected chi connectivity index (χ1v) is 9.70. The Morgan fingerprint density at radius 1 is 1.00 bits per heavy atom. The lowest BCUT2D eigenvalue weighted by Crippen LogP contribution is -2.44. The normalized spacial score (nSPS) is 13.7. The third-order valence-corrected chi connectivity index (χ3v) is 5.23. The van der Waals surface area contributed by atoms with E-state index in [1.807, 2.05) is 77.9 Å². The van der Waals surface area contributed by atoms with Crippen molar-refractivity contribution in [3.8, 4) is 0 Å². The fourth-order valence-corrected chi connectivity index (χ4v) is 3.80. The van der Waals surface area contributed by atoms with Gasteiger partial charge in [-0.15, -0.1) is 11.8 Å². The van der Waals surface area contributed by atoms with E-state index in [2.05, 4.69) is 4.98 Å². The average Bonchev–Trinajstić information content (AvgIpc) is 2.69. The van der Waals surface area contributed by atoms with E-state index in [0.29, 0.717) is 13.1 Å². The van der Waals surface area contributed by atoms with Gasteiger partial charge in [-0.25, -0.2) is 14.7 Å². The fraction of sp³-hybridized carbons (Fsp3) is 0.143. The first-order valence-electron chi connectivity index (χ1n) is 8.48. The Morgan fingerprint density at radius 2 is 1.77 bits per heavy atom. The molecule has 1 aliphatic heterocycles. The Balaban J connectivity index is 1.77. The van der Waals surface area contributed by atoms with Crippen LogP contribution in [0.5, 0.6) is 0 Å². The van der Waals surface area contributed by atoms with Gasteiger partial charge >= 0.3 is 6.03 Å². The van der Waals surface area contributed by atoms with Crippen molar-refractivity contribution < 1.29 is 4.79 Å². The number of carbonyl (C=O) groups excluding carboxylic acids is 1. The van der Waals surface area contributed by atoms with Crippen LogP contribution in [0.2, 0.25) is 0 Å². The van der Waals surface area contributed by atoms with Crippen LogP contribution in [-0.4, -0.2) is 22.2 Å². The number of pyridine rings is 1. The zero-order valence-corrected chi connectivity index (χ0v) is 15.3. The van der Waals surface area contributed by atoms with Crippen molar-refractivity contribution in [1.29, 1.82) is 0 Å². The van der Waals surface area contributed by atoms with Gasteiger partial charge in [0, 0.05) is 23.2 Å². The summed E-state index contributed by atoms with van der Waals surface area (Å²) in [7, 11) is 0. The number of anilines is 2. The highest BCUT2D eigenvalue weighted by Gasteiger charge is 2.33. The Morgan fingerprint density at radius 3 is 2.58 bits per heavy atom.